The molecule has 0 N–H and O–H groups in total. The summed E-state index contributed by atoms with van der Waals surface area (Å²) in [7, 11) is 0. The lowest BCUT2D eigenvalue weighted by Gasteiger charge is -2.54. The SMILES string of the molecule is CC(C)CCN1CC2(CCN(c3ncnc4c3=C[C@H](CC(F)(F)F)CC=4)CC2)C1. The Balaban J connectivity index is 1.42. The summed E-state index contributed by atoms with van der Waals surface area (Å²) in [5.41, 5.74) is 0.426. The smallest absolute Gasteiger partial charge is 0.356 e. The van der Waals surface area contributed by atoms with Crippen LogP contribution in [-0.2, 0) is 0 Å². The number of halogens is 3. The zero-order valence-electron chi connectivity index (χ0n) is 17.4. The number of fused-ring (bicyclic) bond motifs is 1. The predicted octanol–water partition coefficient (Wildman–Crippen LogP) is 2.96. The highest BCUT2D eigenvalue weighted by molar-refractivity contribution is 5.50. The number of likely N-dealkylation sites (tertiary alicyclic amines) is 1. The minimum atomic E-state index is -4.15. The quantitative estimate of drug-likeness (QED) is 0.750. The van der Waals surface area contributed by atoms with Gasteiger partial charge in [0.25, 0.3) is 0 Å². The number of nitrogens with zero attached hydrogens (tertiary/aromatic N) is 4. The first kappa shape index (κ1) is 20.6. The molecule has 0 saturated carbocycles. The molecule has 3 aliphatic rings. The molecule has 3 heterocycles. The van der Waals surface area contributed by atoms with Gasteiger partial charge in [-0.3, -0.25) is 0 Å². The van der Waals surface area contributed by atoms with E-state index in [4.69, 9.17) is 0 Å². The fraction of sp³-hybridized carbons (Fsp3) is 0.727. The van der Waals surface area contributed by atoms with Crippen molar-refractivity contribution >= 4 is 18.0 Å². The first-order valence-corrected chi connectivity index (χ1v) is 10.8. The summed E-state index contributed by atoms with van der Waals surface area (Å²) in [4.78, 5) is 13.6. The largest absolute Gasteiger partial charge is 0.389 e. The van der Waals surface area contributed by atoms with Crippen LogP contribution in [0.25, 0.3) is 12.2 Å². The van der Waals surface area contributed by atoms with E-state index >= 15 is 0 Å². The summed E-state index contributed by atoms with van der Waals surface area (Å²) in [6, 6.07) is 0. The van der Waals surface area contributed by atoms with E-state index in [1.807, 2.05) is 6.08 Å². The summed E-state index contributed by atoms with van der Waals surface area (Å²) in [6.45, 7) is 9.92. The molecule has 1 aliphatic carbocycles. The van der Waals surface area contributed by atoms with Crippen LogP contribution < -0.4 is 15.5 Å². The normalized spacial score (nSPS) is 24.1. The molecule has 7 heteroatoms. The highest BCUT2D eigenvalue weighted by Gasteiger charge is 2.44. The molecule has 1 aromatic rings. The number of aromatic nitrogens is 2. The summed E-state index contributed by atoms with van der Waals surface area (Å²) in [5.74, 6) is 1.03. The lowest BCUT2D eigenvalue weighted by molar-refractivity contribution is -0.139. The van der Waals surface area contributed by atoms with Gasteiger partial charge < -0.3 is 9.80 Å². The molecule has 0 bridgehead atoms. The average molecular weight is 409 g/mol. The topological polar surface area (TPSA) is 32.3 Å². The van der Waals surface area contributed by atoms with E-state index in [1.165, 1.54) is 26.1 Å². The van der Waals surface area contributed by atoms with E-state index in [1.54, 1.807) is 12.4 Å². The number of hydrogen-bond donors (Lipinski definition) is 0. The summed E-state index contributed by atoms with van der Waals surface area (Å²) in [5, 5.41) is 1.56. The molecule has 0 radical (unpaired) electrons. The first-order valence-electron chi connectivity index (χ1n) is 10.8. The van der Waals surface area contributed by atoms with Crippen molar-refractivity contribution in [2.24, 2.45) is 17.3 Å². The Bertz CT molecular complexity index is 833. The molecule has 1 spiro atoms. The van der Waals surface area contributed by atoms with Crippen LogP contribution in [0.5, 0.6) is 0 Å². The second-order valence-corrected chi connectivity index (χ2v) is 9.56. The van der Waals surface area contributed by atoms with E-state index in [0.29, 0.717) is 11.8 Å². The van der Waals surface area contributed by atoms with Crippen molar-refractivity contribution in [2.45, 2.75) is 52.1 Å². The number of piperidine rings is 1. The number of rotatable bonds is 5. The molecule has 4 rings (SSSR count). The number of anilines is 1. The number of hydrogen-bond acceptors (Lipinski definition) is 4. The summed E-state index contributed by atoms with van der Waals surface area (Å²) < 4.78 is 38.6. The lowest BCUT2D eigenvalue weighted by atomic mass is 9.72. The summed E-state index contributed by atoms with van der Waals surface area (Å²) in [6.07, 6.45) is 4.08. The molecule has 1 aromatic heterocycles. The fourth-order valence-corrected chi connectivity index (χ4v) is 4.99. The van der Waals surface area contributed by atoms with Crippen LogP contribution >= 0.6 is 0 Å². The highest BCUT2D eigenvalue weighted by atomic mass is 19.4. The van der Waals surface area contributed by atoms with Crippen LogP contribution in [0.2, 0.25) is 0 Å². The highest BCUT2D eigenvalue weighted by Crippen LogP contribution is 2.41. The second-order valence-electron chi connectivity index (χ2n) is 9.56. The van der Waals surface area contributed by atoms with E-state index in [2.05, 4.69) is 33.6 Å². The Morgan fingerprint density at radius 1 is 1.17 bits per heavy atom. The standard InChI is InChI=1S/C22H31F3N4/c1-16(2)5-8-28-13-21(14-28)6-9-29(10-7-21)20-18-11-17(12-22(23,24)25)3-4-19(18)26-15-27-20/h4,11,15-17H,3,5-10,12-14H2,1-2H3/t17-/m1/s1. The molecule has 0 amide bonds. The van der Waals surface area contributed by atoms with Gasteiger partial charge >= 0.3 is 6.18 Å². The average Bonchev–Trinajstić information content (AvgIpc) is 2.63. The van der Waals surface area contributed by atoms with Gasteiger partial charge in [-0.15, -0.1) is 0 Å². The van der Waals surface area contributed by atoms with E-state index < -0.39 is 18.5 Å². The van der Waals surface area contributed by atoms with Crippen LogP contribution in [0.1, 0.15) is 46.0 Å². The zero-order chi connectivity index (χ0) is 20.6. The Labute approximate surface area is 170 Å². The van der Waals surface area contributed by atoms with Crippen molar-refractivity contribution in [3.05, 3.63) is 16.9 Å². The van der Waals surface area contributed by atoms with Crippen molar-refractivity contribution in [1.29, 1.82) is 0 Å². The van der Waals surface area contributed by atoms with Crippen molar-refractivity contribution in [3.63, 3.8) is 0 Å². The molecule has 1 atom stereocenters. The molecular weight excluding hydrogens is 377 g/mol. The third-order valence-electron chi connectivity index (χ3n) is 6.67. The number of alkyl halides is 3. The predicted molar refractivity (Wildman–Crippen MR) is 109 cm³/mol. The van der Waals surface area contributed by atoms with Crippen molar-refractivity contribution in [3.8, 4) is 0 Å². The molecule has 2 fully saturated rings. The van der Waals surface area contributed by atoms with Gasteiger partial charge in [0, 0.05) is 31.4 Å². The molecule has 0 aromatic carbocycles. The van der Waals surface area contributed by atoms with E-state index in [9.17, 15) is 13.2 Å². The Morgan fingerprint density at radius 2 is 1.90 bits per heavy atom. The second kappa shape index (κ2) is 7.89. The third-order valence-corrected chi connectivity index (χ3v) is 6.67. The molecule has 2 saturated heterocycles. The first-order chi connectivity index (χ1) is 13.7. The van der Waals surface area contributed by atoms with Gasteiger partial charge in [-0.25, -0.2) is 9.97 Å². The van der Waals surface area contributed by atoms with Crippen LogP contribution in [0.15, 0.2) is 6.33 Å². The molecule has 4 nitrogen and oxygen atoms in total. The van der Waals surface area contributed by atoms with Gasteiger partial charge in [0.2, 0.25) is 0 Å². The van der Waals surface area contributed by atoms with Crippen LogP contribution in [0.3, 0.4) is 0 Å². The van der Waals surface area contributed by atoms with Crippen molar-refractivity contribution < 1.29 is 13.2 Å². The minimum Gasteiger partial charge on any atom is -0.356 e. The van der Waals surface area contributed by atoms with E-state index in [0.717, 1.165) is 48.2 Å². The molecule has 160 valence electrons. The third kappa shape index (κ3) is 4.76. The Hall–Kier alpha value is -1.63. The Kier molecular flexibility index (Phi) is 5.62. The van der Waals surface area contributed by atoms with E-state index in [-0.39, 0.29) is 0 Å². The van der Waals surface area contributed by atoms with Gasteiger partial charge in [0.15, 0.2) is 0 Å². The lowest BCUT2D eigenvalue weighted by Crippen LogP contribution is -2.61. The van der Waals surface area contributed by atoms with Crippen LogP contribution in [-0.4, -0.2) is 53.8 Å². The van der Waals surface area contributed by atoms with Gasteiger partial charge in [-0.1, -0.05) is 26.0 Å². The molecule has 2 aliphatic heterocycles. The van der Waals surface area contributed by atoms with Gasteiger partial charge in [0.1, 0.15) is 12.1 Å². The van der Waals surface area contributed by atoms with Gasteiger partial charge in [-0.05, 0) is 49.5 Å². The maximum absolute atomic E-state index is 12.9. The maximum atomic E-state index is 12.9. The Morgan fingerprint density at radius 3 is 2.55 bits per heavy atom. The van der Waals surface area contributed by atoms with Gasteiger partial charge in [0.05, 0.1) is 11.8 Å². The zero-order valence-corrected chi connectivity index (χ0v) is 17.4. The van der Waals surface area contributed by atoms with Crippen LogP contribution in [0.4, 0.5) is 19.0 Å². The van der Waals surface area contributed by atoms with Gasteiger partial charge in [-0.2, -0.15) is 13.2 Å². The minimum absolute atomic E-state index is 0.387. The molecule has 0 unspecified atom stereocenters. The molecule has 29 heavy (non-hydrogen) atoms. The van der Waals surface area contributed by atoms with Crippen molar-refractivity contribution in [1.82, 2.24) is 14.9 Å². The monoisotopic (exact) mass is 408 g/mol. The molecular formula is C22H31F3N4. The maximum Gasteiger partial charge on any atom is 0.389 e. The fourth-order valence-electron chi connectivity index (χ4n) is 4.99. The van der Waals surface area contributed by atoms with Crippen LogP contribution in [0, 0.1) is 17.3 Å². The van der Waals surface area contributed by atoms with Crippen molar-refractivity contribution in [2.75, 3.05) is 37.6 Å². The summed E-state index contributed by atoms with van der Waals surface area (Å²) >= 11 is 0.